The Hall–Kier alpha value is -0.717. The first-order valence-corrected chi connectivity index (χ1v) is 9.19. The first kappa shape index (κ1) is 24.3. The third-order valence-electron chi connectivity index (χ3n) is 3.05. The van der Waals surface area contributed by atoms with E-state index in [1.165, 1.54) is 11.1 Å². The molecule has 0 spiro atoms. The Morgan fingerprint density at radius 2 is 1.00 bits per heavy atom. The molecule has 0 fully saturated rings. The van der Waals surface area contributed by atoms with E-state index >= 15 is 0 Å². The largest absolute Gasteiger partial charge is 2.00 e. The Bertz CT molecular complexity index is 553. The van der Waals surface area contributed by atoms with Crippen molar-refractivity contribution in [2.75, 3.05) is 13.1 Å². The monoisotopic (exact) mass is 456 g/mol. The zero-order valence-electron chi connectivity index (χ0n) is 13.9. The normalized spacial score (nSPS) is 8.96. The molecule has 0 aliphatic heterocycles. The average molecular weight is 458 g/mol. The molecule has 25 heavy (non-hydrogen) atoms. The average Bonchev–Trinajstić information content (AvgIpc) is 2.57. The van der Waals surface area contributed by atoms with E-state index in [0.29, 0.717) is 8.64 Å². The fraction of sp³-hybridized carbons (Fsp3) is 0.222. The Kier molecular flexibility index (Phi) is 15.1. The van der Waals surface area contributed by atoms with E-state index in [0.717, 1.165) is 25.9 Å². The molecule has 2 N–H and O–H groups in total. The summed E-state index contributed by atoms with van der Waals surface area (Å²) < 4.78 is 0.900. The van der Waals surface area contributed by atoms with Gasteiger partial charge in [0.05, 0.1) is 0 Å². The molecule has 0 aliphatic carbocycles. The van der Waals surface area contributed by atoms with Crippen LogP contribution in [0.15, 0.2) is 60.7 Å². The topological polar surface area (TPSA) is 24.1 Å². The van der Waals surface area contributed by atoms with Crippen LogP contribution < -0.4 is 10.6 Å². The van der Waals surface area contributed by atoms with Crippen LogP contribution in [0, 0.1) is 0 Å². The van der Waals surface area contributed by atoms with Gasteiger partial charge in [0.25, 0.3) is 0 Å². The van der Waals surface area contributed by atoms with Crippen LogP contribution in [0.3, 0.4) is 0 Å². The van der Waals surface area contributed by atoms with Gasteiger partial charge >= 0.3 is 19.5 Å². The van der Waals surface area contributed by atoms with Crippen LogP contribution in [0.1, 0.15) is 11.1 Å². The Morgan fingerprint density at radius 3 is 1.28 bits per heavy atom. The summed E-state index contributed by atoms with van der Waals surface area (Å²) in [5.41, 5.74) is 2.60. The molecule has 0 aromatic heterocycles. The Labute approximate surface area is 185 Å². The van der Waals surface area contributed by atoms with E-state index in [9.17, 15) is 0 Å². The first-order valence-electron chi connectivity index (χ1n) is 7.55. The van der Waals surface area contributed by atoms with Crippen molar-refractivity contribution in [1.29, 1.82) is 0 Å². The minimum atomic E-state index is 0. The van der Waals surface area contributed by atoms with Gasteiger partial charge in [0.1, 0.15) is 0 Å². The molecule has 0 aliphatic rings. The number of rotatable bonds is 6. The maximum absolute atomic E-state index is 4.71. The van der Waals surface area contributed by atoms with Crippen molar-refractivity contribution in [3.63, 3.8) is 0 Å². The molecular formula is C18H20N2S4Zn. The van der Waals surface area contributed by atoms with E-state index in [-0.39, 0.29) is 19.5 Å². The van der Waals surface area contributed by atoms with Gasteiger partial charge in [0, 0.05) is 13.1 Å². The van der Waals surface area contributed by atoms with Crippen molar-refractivity contribution in [3.05, 3.63) is 71.8 Å². The summed E-state index contributed by atoms with van der Waals surface area (Å²) in [5.74, 6) is 0. The van der Waals surface area contributed by atoms with Crippen molar-refractivity contribution in [2.45, 2.75) is 12.8 Å². The second-order valence-corrected chi connectivity index (χ2v) is 7.05. The van der Waals surface area contributed by atoms with Crippen LogP contribution in [0.4, 0.5) is 0 Å². The molecule has 128 valence electrons. The van der Waals surface area contributed by atoms with Gasteiger partial charge in [-0.2, -0.15) is 0 Å². The molecule has 0 saturated heterocycles. The van der Waals surface area contributed by atoms with Crippen molar-refractivity contribution in [2.24, 2.45) is 0 Å². The standard InChI is InChI=1S/2C9H11NS2.Zn/c2*11-9(12)10-7-6-8-4-2-1-3-5-8;/h2*1-5H,6-7H2,(H2,10,11,12);/q;;+2/p-2. The third-order valence-corrected chi connectivity index (χ3v) is 3.63. The SMILES string of the molecule is S=C([S-])NCCc1ccccc1.S=C([S-])NCCc1ccccc1.[Zn+2]. The predicted octanol–water partition coefficient (Wildman–Crippen LogP) is 3.30. The Morgan fingerprint density at radius 1 is 0.680 bits per heavy atom. The number of hydrogen-bond acceptors (Lipinski definition) is 4. The molecule has 0 heterocycles. The number of nitrogens with one attached hydrogen (secondary N) is 2. The van der Waals surface area contributed by atoms with Gasteiger partial charge in [-0.1, -0.05) is 69.3 Å². The molecule has 7 heteroatoms. The van der Waals surface area contributed by atoms with E-state index in [1.807, 2.05) is 36.4 Å². The second-order valence-electron chi connectivity index (χ2n) is 4.90. The van der Waals surface area contributed by atoms with Gasteiger partial charge < -0.3 is 60.3 Å². The van der Waals surface area contributed by atoms with Crippen molar-refractivity contribution < 1.29 is 19.5 Å². The molecule has 0 unspecified atom stereocenters. The summed E-state index contributed by atoms with van der Waals surface area (Å²) in [5, 5.41) is 5.88. The van der Waals surface area contributed by atoms with E-state index in [1.54, 1.807) is 0 Å². The summed E-state index contributed by atoms with van der Waals surface area (Å²) in [6.45, 7) is 1.65. The minimum absolute atomic E-state index is 0. The van der Waals surface area contributed by atoms with Crippen LogP contribution in [0.5, 0.6) is 0 Å². The fourth-order valence-electron chi connectivity index (χ4n) is 1.91. The quantitative estimate of drug-likeness (QED) is 0.392. The summed E-state index contributed by atoms with van der Waals surface area (Å²) in [7, 11) is 0. The molecule has 0 amide bonds. The molecule has 0 atom stereocenters. The second kappa shape index (κ2) is 15.5. The van der Waals surface area contributed by atoms with Gasteiger partial charge in [0.2, 0.25) is 0 Å². The Balaban J connectivity index is 0.000000443. The number of benzene rings is 2. The zero-order chi connectivity index (χ0) is 17.6. The van der Waals surface area contributed by atoms with E-state index in [2.05, 4.69) is 34.9 Å². The molecule has 2 nitrogen and oxygen atoms in total. The molecule has 0 radical (unpaired) electrons. The van der Waals surface area contributed by atoms with Crippen LogP contribution >= 0.6 is 24.4 Å². The molecule has 0 saturated carbocycles. The van der Waals surface area contributed by atoms with Gasteiger partial charge in [-0.15, -0.1) is 0 Å². The fourth-order valence-corrected chi connectivity index (χ4v) is 2.32. The summed E-state index contributed by atoms with van der Waals surface area (Å²) in [6.07, 6.45) is 1.94. The molecule has 0 bridgehead atoms. The van der Waals surface area contributed by atoms with E-state index < -0.39 is 0 Å². The van der Waals surface area contributed by atoms with Gasteiger partial charge in [0.15, 0.2) is 0 Å². The van der Waals surface area contributed by atoms with Crippen LogP contribution in [0.25, 0.3) is 0 Å². The van der Waals surface area contributed by atoms with E-state index in [4.69, 9.17) is 49.7 Å². The molecule has 2 aromatic carbocycles. The zero-order valence-corrected chi connectivity index (χ0v) is 20.2. The molecule has 2 rings (SSSR count). The van der Waals surface area contributed by atoms with Gasteiger partial charge in [-0.25, -0.2) is 0 Å². The third kappa shape index (κ3) is 14.2. The van der Waals surface area contributed by atoms with Gasteiger partial charge in [-0.05, 0) is 24.0 Å². The van der Waals surface area contributed by atoms with Crippen molar-refractivity contribution >= 4 is 58.3 Å². The first-order chi connectivity index (χ1) is 11.6. The van der Waals surface area contributed by atoms with Crippen LogP contribution in [-0.4, -0.2) is 21.7 Å². The predicted molar refractivity (Wildman–Crippen MR) is 116 cm³/mol. The molecular weight excluding hydrogens is 438 g/mol. The van der Waals surface area contributed by atoms with Crippen molar-refractivity contribution in [3.8, 4) is 0 Å². The summed E-state index contributed by atoms with van der Waals surface area (Å²) >= 11 is 18.9. The molecule has 2 aromatic rings. The van der Waals surface area contributed by atoms with Crippen molar-refractivity contribution in [1.82, 2.24) is 10.6 Å². The summed E-state index contributed by atoms with van der Waals surface area (Å²) in [4.78, 5) is 0. The maximum Gasteiger partial charge on any atom is 2.00 e. The van der Waals surface area contributed by atoms with Crippen LogP contribution in [0.2, 0.25) is 0 Å². The number of thiocarbonyl (C=S) groups is 2. The maximum atomic E-state index is 4.71. The van der Waals surface area contributed by atoms with Crippen LogP contribution in [-0.2, 0) is 57.6 Å². The number of hydrogen-bond donors (Lipinski definition) is 2. The smallest absolute Gasteiger partial charge is 0.412 e. The van der Waals surface area contributed by atoms with Gasteiger partial charge in [-0.3, -0.25) is 0 Å². The minimum Gasteiger partial charge on any atom is -0.412 e. The summed E-state index contributed by atoms with van der Waals surface area (Å²) in [6, 6.07) is 20.5.